The Morgan fingerprint density at radius 1 is 1.28 bits per heavy atom. The average Bonchev–Trinajstić information content (AvgIpc) is 2.30. The largest absolute Gasteiger partial charge is 0.496 e. The average molecular weight is 249 g/mol. The first-order valence-electron chi connectivity index (χ1n) is 6.68. The smallest absolute Gasteiger partial charge is 0.126 e. The van der Waals surface area contributed by atoms with E-state index in [2.05, 4.69) is 38.2 Å². The fourth-order valence-corrected chi connectivity index (χ4v) is 2.57. The van der Waals surface area contributed by atoms with Gasteiger partial charge in [-0.15, -0.1) is 0 Å². The van der Waals surface area contributed by atoms with Crippen LogP contribution in [-0.4, -0.2) is 25.9 Å². The quantitative estimate of drug-likeness (QED) is 0.868. The lowest BCUT2D eigenvalue weighted by Crippen LogP contribution is -2.40. The number of methoxy groups -OCH3 is 1. The van der Waals surface area contributed by atoms with E-state index in [-0.39, 0.29) is 0 Å². The maximum Gasteiger partial charge on any atom is 0.126 e. The Kier molecular flexibility index (Phi) is 4.12. The summed E-state index contributed by atoms with van der Waals surface area (Å²) in [5, 5.41) is 3.58. The number of ether oxygens (including phenoxy) is 2. The van der Waals surface area contributed by atoms with Crippen molar-refractivity contribution in [1.29, 1.82) is 0 Å². The van der Waals surface area contributed by atoms with Gasteiger partial charge in [0.15, 0.2) is 0 Å². The molecule has 0 aromatic heterocycles. The minimum atomic E-state index is 0.445. The molecule has 0 radical (unpaired) electrons. The van der Waals surface area contributed by atoms with Crippen molar-refractivity contribution in [3.05, 3.63) is 23.3 Å². The second kappa shape index (κ2) is 5.61. The van der Waals surface area contributed by atoms with Crippen LogP contribution >= 0.6 is 0 Å². The van der Waals surface area contributed by atoms with E-state index in [0.717, 1.165) is 25.2 Å². The molecule has 0 unspecified atom stereocenters. The summed E-state index contributed by atoms with van der Waals surface area (Å²) < 4.78 is 11.0. The number of benzene rings is 1. The van der Waals surface area contributed by atoms with Crippen LogP contribution in [0.25, 0.3) is 0 Å². The van der Waals surface area contributed by atoms with E-state index in [1.54, 1.807) is 7.11 Å². The van der Waals surface area contributed by atoms with Gasteiger partial charge >= 0.3 is 0 Å². The van der Waals surface area contributed by atoms with Crippen LogP contribution in [0.2, 0.25) is 0 Å². The van der Waals surface area contributed by atoms with E-state index in [9.17, 15) is 0 Å². The van der Waals surface area contributed by atoms with Crippen LogP contribution in [0.3, 0.4) is 0 Å². The first-order chi connectivity index (χ1) is 8.65. The highest BCUT2D eigenvalue weighted by molar-refractivity contribution is 5.60. The highest BCUT2D eigenvalue weighted by Crippen LogP contribution is 2.33. The van der Waals surface area contributed by atoms with Crippen molar-refractivity contribution in [2.45, 2.75) is 45.8 Å². The summed E-state index contributed by atoms with van der Waals surface area (Å²) in [6, 6.07) is 4.78. The fourth-order valence-electron chi connectivity index (χ4n) is 2.57. The third-order valence-corrected chi connectivity index (χ3v) is 3.66. The summed E-state index contributed by atoms with van der Waals surface area (Å²) >= 11 is 0. The summed E-state index contributed by atoms with van der Waals surface area (Å²) in [5.74, 6) is 0.987. The normalized spacial score (nSPS) is 22.4. The number of hydrogen-bond acceptors (Lipinski definition) is 3. The van der Waals surface area contributed by atoms with Gasteiger partial charge in [-0.3, -0.25) is 0 Å². The van der Waals surface area contributed by atoms with E-state index in [1.165, 1.54) is 16.8 Å². The number of aryl methyl sites for hydroxylation is 1. The van der Waals surface area contributed by atoms with Gasteiger partial charge in [-0.05, 0) is 45.2 Å². The molecule has 3 nitrogen and oxygen atoms in total. The maximum atomic E-state index is 5.58. The molecule has 0 aliphatic heterocycles. The Balaban J connectivity index is 1.99. The number of anilines is 1. The Morgan fingerprint density at radius 3 is 2.61 bits per heavy atom. The van der Waals surface area contributed by atoms with Crippen LogP contribution in [-0.2, 0) is 4.74 Å². The van der Waals surface area contributed by atoms with Crippen LogP contribution in [0.1, 0.15) is 30.9 Å². The number of nitrogens with one attached hydrogen (secondary N) is 1. The lowest BCUT2D eigenvalue weighted by Gasteiger charge is -2.36. The van der Waals surface area contributed by atoms with Gasteiger partial charge in [0.05, 0.1) is 13.2 Å². The monoisotopic (exact) mass is 249 g/mol. The molecule has 1 fully saturated rings. The molecule has 0 atom stereocenters. The van der Waals surface area contributed by atoms with Gasteiger partial charge < -0.3 is 14.8 Å². The topological polar surface area (TPSA) is 30.5 Å². The van der Waals surface area contributed by atoms with Crippen molar-refractivity contribution in [3.63, 3.8) is 0 Å². The summed E-state index contributed by atoms with van der Waals surface area (Å²) in [6.07, 6.45) is 2.65. The van der Waals surface area contributed by atoms with Crippen LogP contribution in [0.15, 0.2) is 12.1 Å². The van der Waals surface area contributed by atoms with Gasteiger partial charge in [0.25, 0.3) is 0 Å². The van der Waals surface area contributed by atoms with Gasteiger partial charge in [-0.1, -0.05) is 6.07 Å². The van der Waals surface area contributed by atoms with E-state index in [1.807, 2.05) is 0 Å². The molecular weight excluding hydrogens is 226 g/mol. The van der Waals surface area contributed by atoms with Gasteiger partial charge in [-0.25, -0.2) is 0 Å². The molecule has 0 amide bonds. The van der Waals surface area contributed by atoms with Crippen LogP contribution in [0.5, 0.6) is 5.75 Å². The molecule has 0 spiro atoms. The van der Waals surface area contributed by atoms with Crippen LogP contribution in [0.4, 0.5) is 5.69 Å². The SMILES string of the molecule is CCOC1CC(Nc2ccc(C)c(OC)c2C)C1. The lowest BCUT2D eigenvalue weighted by molar-refractivity contribution is 0.00298. The number of hydrogen-bond donors (Lipinski definition) is 1. The molecule has 100 valence electrons. The van der Waals surface area contributed by atoms with E-state index >= 15 is 0 Å². The Labute approximate surface area is 109 Å². The third-order valence-electron chi connectivity index (χ3n) is 3.66. The minimum Gasteiger partial charge on any atom is -0.496 e. The molecule has 1 aliphatic carbocycles. The second-order valence-corrected chi connectivity index (χ2v) is 4.98. The molecule has 18 heavy (non-hydrogen) atoms. The molecular formula is C15H23NO2. The molecule has 0 saturated heterocycles. The zero-order valence-corrected chi connectivity index (χ0v) is 11.7. The maximum absolute atomic E-state index is 5.58. The van der Waals surface area contributed by atoms with E-state index in [0.29, 0.717) is 12.1 Å². The minimum absolute atomic E-state index is 0.445. The fraction of sp³-hybridized carbons (Fsp3) is 0.600. The summed E-state index contributed by atoms with van der Waals surface area (Å²) in [7, 11) is 1.73. The molecule has 3 heteroatoms. The van der Waals surface area contributed by atoms with Gasteiger partial charge in [0.2, 0.25) is 0 Å². The van der Waals surface area contributed by atoms with Gasteiger partial charge in [0.1, 0.15) is 5.75 Å². The van der Waals surface area contributed by atoms with E-state index in [4.69, 9.17) is 9.47 Å². The Morgan fingerprint density at radius 2 is 2.00 bits per heavy atom. The van der Waals surface area contributed by atoms with Crippen molar-refractivity contribution >= 4 is 5.69 Å². The van der Waals surface area contributed by atoms with Crippen molar-refractivity contribution in [2.24, 2.45) is 0 Å². The summed E-state index contributed by atoms with van der Waals surface area (Å²) in [5.41, 5.74) is 3.55. The number of rotatable bonds is 5. The third kappa shape index (κ3) is 2.61. The lowest BCUT2D eigenvalue weighted by atomic mass is 9.88. The molecule has 1 saturated carbocycles. The molecule has 1 N–H and O–H groups in total. The highest BCUT2D eigenvalue weighted by Gasteiger charge is 2.29. The van der Waals surface area contributed by atoms with Crippen molar-refractivity contribution in [3.8, 4) is 5.75 Å². The summed E-state index contributed by atoms with van der Waals surface area (Å²) in [6.45, 7) is 7.04. The van der Waals surface area contributed by atoms with Crippen LogP contribution in [0, 0.1) is 13.8 Å². The zero-order valence-electron chi connectivity index (χ0n) is 11.7. The second-order valence-electron chi connectivity index (χ2n) is 4.98. The first kappa shape index (κ1) is 13.2. The zero-order chi connectivity index (χ0) is 13.1. The van der Waals surface area contributed by atoms with E-state index < -0.39 is 0 Å². The van der Waals surface area contributed by atoms with Crippen molar-refractivity contribution < 1.29 is 9.47 Å². The molecule has 1 aromatic carbocycles. The Hall–Kier alpha value is -1.22. The predicted octanol–water partition coefficient (Wildman–Crippen LogP) is 3.29. The standard InChI is InChI=1S/C15H23NO2/c1-5-18-13-8-12(9-13)16-14-7-6-10(2)15(17-4)11(14)3/h6-7,12-13,16H,5,8-9H2,1-4H3. The highest BCUT2D eigenvalue weighted by atomic mass is 16.5. The van der Waals surface area contributed by atoms with Crippen molar-refractivity contribution in [2.75, 3.05) is 19.0 Å². The first-order valence-corrected chi connectivity index (χ1v) is 6.68. The van der Waals surface area contributed by atoms with Crippen LogP contribution < -0.4 is 10.1 Å². The van der Waals surface area contributed by atoms with Gasteiger partial charge in [-0.2, -0.15) is 0 Å². The van der Waals surface area contributed by atoms with Crippen molar-refractivity contribution in [1.82, 2.24) is 0 Å². The Bertz CT molecular complexity index is 411. The predicted molar refractivity (Wildman–Crippen MR) is 74.5 cm³/mol. The molecule has 0 heterocycles. The molecule has 1 aromatic rings. The molecule has 2 rings (SSSR count). The summed E-state index contributed by atoms with van der Waals surface area (Å²) in [4.78, 5) is 0. The van der Waals surface area contributed by atoms with Gasteiger partial charge in [0, 0.05) is 23.9 Å². The molecule has 1 aliphatic rings. The molecule has 0 bridgehead atoms.